The maximum atomic E-state index is 12.5. The van der Waals surface area contributed by atoms with E-state index in [-0.39, 0.29) is 6.03 Å². The number of carbonyl (C=O) groups is 1. The number of hydrogen-bond donors (Lipinski definition) is 1. The Bertz CT molecular complexity index is 973. The van der Waals surface area contributed by atoms with Crippen molar-refractivity contribution in [1.82, 2.24) is 15.2 Å². The molecule has 5 nitrogen and oxygen atoms in total. The Hall–Kier alpha value is -2.38. The molecule has 29 heavy (non-hydrogen) atoms. The molecule has 7 heteroatoms. The fourth-order valence-electron chi connectivity index (χ4n) is 3.52. The summed E-state index contributed by atoms with van der Waals surface area (Å²) in [6, 6.07) is 12.9. The van der Waals surface area contributed by atoms with Crippen LogP contribution in [0.15, 0.2) is 41.8 Å². The average Bonchev–Trinajstić information content (AvgIpc) is 3.37. The predicted molar refractivity (Wildman–Crippen MR) is 122 cm³/mol. The molecule has 1 saturated heterocycles. The number of piperazine rings is 1. The number of aryl methyl sites for hydroxylation is 2. The number of aromatic nitrogens is 1. The van der Waals surface area contributed by atoms with E-state index in [1.54, 1.807) is 22.7 Å². The summed E-state index contributed by atoms with van der Waals surface area (Å²) in [7, 11) is 0. The van der Waals surface area contributed by atoms with Crippen LogP contribution >= 0.6 is 22.7 Å². The van der Waals surface area contributed by atoms with Crippen LogP contribution in [0.1, 0.15) is 15.4 Å². The Balaban J connectivity index is 1.22. The van der Waals surface area contributed by atoms with E-state index in [1.165, 1.54) is 21.0 Å². The van der Waals surface area contributed by atoms with E-state index in [0.717, 1.165) is 43.3 Å². The lowest BCUT2D eigenvalue weighted by Gasteiger charge is -2.36. The molecular weight excluding hydrogens is 400 g/mol. The number of urea groups is 1. The summed E-state index contributed by atoms with van der Waals surface area (Å²) in [6.07, 6.45) is 0.850. The lowest BCUT2D eigenvalue weighted by atomic mass is 10.2. The number of hydrogen-bond acceptors (Lipinski definition) is 5. The van der Waals surface area contributed by atoms with Gasteiger partial charge in [0.2, 0.25) is 0 Å². The van der Waals surface area contributed by atoms with Crippen molar-refractivity contribution in [2.24, 2.45) is 0 Å². The second kappa shape index (κ2) is 8.97. The molecule has 1 aliphatic heterocycles. The van der Waals surface area contributed by atoms with Crippen molar-refractivity contribution >= 4 is 34.4 Å². The normalized spacial score (nSPS) is 14.3. The highest BCUT2D eigenvalue weighted by Crippen LogP contribution is 2.29. The molecule has 2 amide bonds. The third-order valence-electron chi connectivity index (χ3n) is 5.11. The molecule has 1 fully saturated rings. The lowest BCUT2D eigenvalue weighted by molar-refractivity contribution is 0.194. The molecule has 4 rings (SSSR count). The van der Waals surface area contributed by atoms with E-state index >= 15 is 0 Å². The Morgan fingerprint density at radius 2 is 1.97 bits per heavy atom. The van der Waals surface area contributed by atoms with Crippen LogP contribution in [0.25, 0.3) is 10.6 Å². The summed E-state index contributed by atoms with van der Waals surface area (Å²) in [5.74, 6) is 0. The van der Waals surface area contributed by atoms with Crippen molar-refractivity contribution in [2.75, 3.05) is 37.6 Å². The van der Waals surface area contributed by atoms with Gasteiger partial charge in [-0.25, -0.2) is 9.78 Å². The van der Waals surface area contributed by atoms with Gasteiger partial charge in [-0.05, 0) is 50.1 Å². The van der Waals surface area contributed by atoms with Crippen LogP contribution in [0.5, 0.6) is 0 Å². The number of nitrogens with zero attached hydrogens (tertiary/aromatic N) is 3. The summed E-state index contributed by atoms with van der Waals surface area (Å²) in [6.45, 7) is 8.06. The Kier molecular flexibility index (Phi) is 6.16. The molecule has 3 aromatic rings. The fourth-order valence-corrected chi connectivity index (χ4v) is 5.18. The summed E-state index contributed by atoms with van der Waals surface area (Å²) in [4.78, 5) is 23.8. The van der Waals surface area contributed by atoms with Crippen molar-refractivity contribution in [3.05, 3.63) is 57.2 Å². The van der Waals surface area contributed by atoms with Crippen molar-refractivity contribution in [3.63, 3.8) is 0 Å². The number of thiophene rings is 1. The Morgan fingerprint density at radius 1 is 1.14 bits per heavy atom. The van der Waals surface area contributed by atoms with E-state index in [1.807, 2.05) is 11.8 Å². The van der Waals surface area contributed by atoms with Crippen LogP contribution < -0.4 is 10.2 Å². The van der Waals surface area contributed by atoms with Crippen molar-refractivity contribution in [2.45, 2.75) is 20.3 Å². The van der Waals surface area contributed by atoms with Gasteiger partial charge in [0.25, 0.3) is 0 Å². The van der Waals surface area contributed by atoms with E-state index in [9.17, 15) is 4.79 Å². The van der Waals surface area contributed by atoms with E-state index in [0.29, 0.717) is 6.54 Å². The molecule has 1 aromatic carbocycles. The van der Waals surface area contributed by atoms with Crippen molar-refractivity contribution in [1.29, 1.82) is 0 Å². The van der Waals surface area contributed by atoms with Crippen LogP contribution in [-0.4, -0.2) is 48.6 Å². The number of benzene rings is 1. The van der Waals surface area contributed by atoms with E-state index in [2.05, 4.69) is 63.9 Å². The number of carbonyl (C=O) groups excluding carboxylic acids is 1. The maximum absolute atomic E-state index is 12.5. The first-order chi connectivity index (χ1) is 14.1. The highest BCUT2D eigenvalue weighted by atomic mass is 32.1. The first-order valence-electron chi connectivity index (χ1n) is 9.94. The Morgan fingerprint density at radius 3 is 2.69 bits per heavy atom. The number of thiazole rings is 1. The molecule has 0 unspecified atom stereocenters. The first kappa shape index (κ1) is 19.9. The standard InChI is InChI=1S/C22H26N4OS2/c1-16-4-3-5-18(14-16)25-10-12-26(13-11-25)22(27)23-9-8-19-6-7-21(29-19)20-15-28-17(2)24-20/h3-7,14-15H,8-13H2,1-2H3,(H,23,27). The summed E-state index contributed by atoms with van der Waals surface area (Å²) in [5.41, 5.74) is 3.57. The van der Waals surface area contributed by atoms with Crippen molar-refractivity contribution in [3.8, 4) is 10.6 Å². The molecule has 3 heterocycles. The average molecular weight is 427 g/mol. The molecule has 152 valence electrons. The molecule has 1 N–H and O–H groups in total. The van der Waals surface area contributed by atoms with E-state index in [4.69, 9.17) is 0 Å². The van der Waals surface area contributed by atoms with Gasteiger partial charge in [-0.15, -0.1) is 22.7 Å². The second-order valence-corrected chi connectivity index (χ2v) is 9.54. The molecule has 0 aliphatic carbocycles. The van der Waals surface area contributed by atoms with Gasteiger partial charge in [0.15, 0.2) is 0 Å². The van der Waals surface area contributed by atoms with Crippen LogP contribution in [0.2, 0.25) is 0 Å². The minimum Gasteiger partial charge on any atom is -0.368 e. The minimum absolute atomic E-state index is 0.0424. The maximum Gasteiger partial charge on any atom is 0.317 e. The molecule has 2 aromatic heterocycles. The van der Waals surface area contributed by atoms with Gasteiger partial charge in [0, 0.05) is 48.7 Å². The van der Waals surface area contributed by atoms with Gasteiger partial charge < -0.3 is 15.1 Å². The summed E-state index contributed by atoms with van der Waals surface area (Å²) in [5, 5.41) is 6.27. The fraction of sp³-hybridized carbons (Fsp3) is 0.364. The molecular formula is C22H26N4OS2. The largest absolute Gasteiger partial charge is 0.368 e. The zero-order chi connectivity index (χ0) is 20.2. The molecule has 0 saturated carbocycles. The monoisotopic (exact) mass is 426 g/mol. The topological polar surface area (TPSA) is 48.5 Å². The van der Waals surface area contributed by atoms with Crippen LogP contribution in [0, 0.1) is 13.8 Å². The van der Waals surface area contributed by atoms with Crippen LogP contribution in [0.4, 0.5) is 10.5 Å². The number of nitrogens with one attached hydrogen (secondary N) is 1. The van der Waals surface area contributed by atoms with Gasteiger partial charge in [-0.2, -0.15) is 0 Å². The number of amides is 2. The van der Waals surface area contributed by atoms with Crippen LogP contribution in [0.3, 0.4) is 0 Å². The first-order valence-corrected chi connectivity index (χ1v) is 11.6. The summed E-state index contributed by atoms with van der Waals surface area (Å²) >= 11 is 3.43. The molecule has 0 atom stereocenters. The third kappa shape index (κ3) is 4.97. The predicted octanol–water partition coefficient (Wildman–Crippen LogP) is 4.56. The smallest absolute Gasteiger partial charge is 0.317 e. The van der Waals surface area contributed by atoms with E-state index < -0.39 is 0 Å². The molecule has 0 bridgehead atoms. The lowest BCUT2D eigenvalue weighted by Crippen LogP contribution is -2.52. The van der Waals surface area contributed by atoms with Gasteiger partial charge in [0.1, 0.15) is 0 Å². The number of anilines is 1. The number of rotatable bonds is 5. The third-order valence-corrected chi connectivity index (χ3v) is 7.06. The Labute approximate surface area is 180 Å². The van der Waals surface area contributed by atoms with Crippen molar-refractivity contribution < 1.29 is 4.79 Å². The molecule has 0 radical (unpaired) electrons. The SMILES string of the molecule is Cc1cccc(N2CCN(C(=O)NCCc3ccc(-c4csc(C)n4)s3)CC2)c1. The zero-order valence-electron chi connectivity index (χ0n) is 16.9. The van der Waals surface area contributed by atoms with Gasteiger partial charge in [-0.3, -0.25) is 0 Å². The second-order valence-electron chi connectivity index (χ2n) is 7.31. The van der Waals surface area contributed by atoms with Crippen LogP contribution in [-0.2, 0) is 6.42 Å². The van der Waals surface area contributed by atoms with Gasteiger partial charge in [-0.1, -0.05) is 12.1 Å². The van der Waals surface area contributed by atoms with Gasteiger partial charge >= 0.3 is 6.03 Å². The quantitative estimate of drug-likeness (QED) is 0.650. The molecule has 1 aliphatic rings. The summed E-state index contributed by atoms with van der Waals surface area (Å²) < 4.78 is 0. The molecule has 0 spiro atoms. The van der Waals surface area contributed by atoms with Gasteiger partial charge in [0.05, 0.1) is 15.6 Å². The highest BCUT2D eigenvalue weighted by Gasteiger charge is 2.21. The minimum atomic E-state index is 0.0424. The zero-order valence-corrected chi connectivity index (χ0v) is 18.5. The highest BCUT2D eigenvalue weighted by molar-refractivity contribution is 7.16.